The van der Waals surface area contributed by atoms with E-state index in [0.717, 1.165) is 43.8 Å². The van der Waals surface area contributed by atoms with Crippen LogP contribution in [-0.2, 0) is 9.53 Å². The van der Waals surface area contributed by atoms with Gasteiger partial charge in [0.05, 0.1) is 12.3 Å². The summed E-state index contributed by atoms with van der Waals surface area (Å²) in [6, 6.07) is 6.15. The maximum Gasteiger partial charge on any atom is 0.305 e. The van der Waals surface area contributed by atoms with E-state index in [1.165, 1.54) is 10.6 Å². The fraction of sp³-hybridized carbons (Fsp3) is 0.562. The van der Waals surface area contributed by atoms with Crippen LogP contribution in [-0.4, -0.2) is 31.4 Å². The molecule has 0 unspecified atom stereocenters. The van der Waals surface area contributed by atoms with Crippen molar-refractivity contribution in [2.24, 2.45) is 0 Å². The van der Waals surface area contributed by atoms with Gasteiger partial charge in [-0.2, -0.15) is 0 Å². The summed E-state index contributed by atoms with van der Waals surface area (Å²) < 4.78 is 4.93. The number of carbonyl (C=O) groups is 1. The van der Waals surface area contributed by atoms with E-state index in [1.807, 2.05) is 24.8 Å². The number of nitrogens with two attached hydrogens (primary N) is 1. The summed E-state index contributed by atoms with van der Waals surface area (Å²) >= 11 is 1.90. The first-order valence-corrected chi connectivity index (χ1v) is 8.62. The minimum absolute atomic E-state index is 0.0787. The fourth-order valence-electron chi connectivity index (χ4n) is 2.50. The zero-order valence-electron chi connectivity index (χ0n) is 12.6. The highest BCUT2D eigenvalue weighted by molar-refractivity contribution is 7.99. The van der Waals surface area contributed by atoms with E-state index >= 15 is 0 Å². The van der Waals surface area contributed by atoms with Crippen LogP contribution < -0.4 is 10.6 Å². The molecule has 1 aliphatic heterocycles. The number of carbonyl (C=O) groups excluding carboxylic acids is 1. The maximum atomic E-state index is 11.3. The lowest BCUT2D eigenvalue weighted by Gasteiger charge is -2.31. The average Bonchev–Trinajstić information content (AvgIpc) is 2.47. The van der Waals surface area contributed by atoms with E-state index in [4.69, 9.17) is 10.5 Å². The summed E-state index contributed by atoms with van der Waals surface area (Å²) in [6.45, 7) is 4.41. The van der Waals surface area contributed by atoms with E-state index in [2.05, 4.69) is 17.0 Å². The maximum absolute atomic E-state index is 11.3. The van der Waals surface area contributed by atoms with Crippen LogP contribution in [0.3, 0.4) is 0 Å². The van der Waals surface area contributed by atoms with E-state index in [0.29, 0.717) is 13.0 Å². The topological polar surface area (TPSA) is 55.6 Å². The van der Waals surface area contributed by atoms with Crippen LogP contribution in [0.25, 0.3) is 0 Å². The number of anilines is 2. The molecule has 0 radical (unpaired) electrons. The molecule has 1 aromatic carbocycles. The minimum Gasteiger partial charge on any atom is -0.466 e. The lowest BCUT2D eigenvalue weighted by atomic mass is 10.1. The number of esters is 1. The third-order valence-electron chi connectivity index (χ3n) is 3.56. The minimum atomic E-state index is -0.0787. The summed E-state index contributed by atoms with van der Waals surface area (Å²) in [5.41, 5.74) is 7.98. The third kappa shape index (κ3) is 4.84. The van der Waals surface area contributed by atoms with Crippen LogP contribution in [0.2, 0.25) is 0 Å². The van der Waals surface area contributed by atoms with Crippen molar-refractivity contribution in [2.45, 2.75) is 37.5 Å². The zero-order valence-corrected chi connectivity index (χ0v) is 13.5. The molecule has 2 rings (SSSR count). The lowest BCUT2D eigenvalue weighted by molar-refractivity contribution is -0.143. The summed E-state index contributed by atoms with van der Waals surface area (Å²) in [6.07, 6.45) is 3.59. The van der Waals surface area contributed by atoms with Crippen LogP contribution >= 0.6 is 11.8 Å². The molecule has 5 heteroatoms. The summed E-state index contributed by atoms with van der Waals surface area (Å²) in [4.78, 5) is 15.0. The van der Waals surface area contributed by atoms with Crippen molar-refractivity contribution in [3.8, 4) is 0 Å². The molecular formula is C16H24N2O2S. The van der Waals surface area contributed by atoms with Gasteiger partial charge < -0.3 is 15.4 Å². The number of ether oxygens (including phenoxy) is 1. The molecule has 1 aromatic rings. The van der Waals surface area contributed by atoms with Gasteiger partial charge >= 0.3 is 5.97 Å². The largest absolute Gasteiger partial charge is 0.466 e. The Labute approximate surface area is 131 Å². The van der Waals surface area contributed by atoms with Crippen LogP contribution in [0.4, 0.5) is 11.4 Å². The first kappa shape index (κ1) is 16.0. The van der Waals surface area contributed by atoms with E-state index < -0.39 is 0 Å². The van der Waals surface area contributed by atoms with Crippen molar-refractivity contribution >= 4 is 29.1 Å². The molecule has 1 aliphatic rings. The number of thioether (sulfide) groups is 1. The summed E-state index contributed by atoms with van der Waals surface area (Å²) in [7, 11) is 0. The van der Waals surface area contributed by atoms with Gasteiger partial charge in [-0.1, -0.05) is 6.42 Å². The van der Waals surface area contributed by atoms with Gasteiger partial charge in [0.25, 0.3) is 0 Å². The Morgan fingerprint density at radius 1 is 1.38 bits per heavy atom. The Balaban J connectivity index is 1.75. The number of nitrogen functional groups attached to an aromatic ring is 1. The number of hydrogen-bond donors (Lipinski definition) is 1. The highest BCUT2D eigenvalue weighted by Gasteiger charge is 2.17. The Morgan fingerprint density at radius 3 is 3.05 bits per heavy atom. The molecule has 1 heterocycles. The van der Waals surface area contributed by atoms with Gasteiger partial charge in [-0.05, 0) is 38.0 Å². The SMILES string of the molecule is CCOC(=O)CCCCCN1CCSc2ccc(N)cc21. The monoisotopic (exact) mass is 308 g/mol. The Hall–Kier alpha value is -1.36. The molecule has 0 atom stereocenters. The van der Waals surface area contributed by atoms with Crippen LogP contribution in [0, 0.1) is 0 Å². The quantitative estimate of drug-likeness (QED) is 0.476. The summed E-state index contributed by atoms with van der Waals surface area (Å²) in [5.74, 6) is 1.05. The average molecular weight is 308 g/mol. The molecule has 21 heavy (non-hydrogen) atoms. The van der Waals surface area contributed by atoms with Crippen molar-refractivity contribution in [1.82, 2.24) is 0 Å². The second-order valence-electron chi connectivity index (χ2n) is 5.18. The standard InChI is InChI=1S/C16H24N2O2S/c1-2-20-16(19)6-4-3-5-9-18-10-11-21-15-8-7-13(17)12-14(15)18/h7-8,12H,2-6,9-11,17H2,1H3. The van der Waals surface area contributed by atoms with Gasteiger partial charge in [0.2, 0.25) is 0 Å². The highest BCUT2D eigenvalue weighted by Crippen LogP contribution is 2.36. The van der Waals surface area contributed by atoms with Crippen LogP contribution in [0.1, 0.15) is 32.6 Å². The molecule has 0 spiro atoms. The van der Waals surface area contributed by atoms with Crippen molar-refractivity contribution in [3.63, 3.8) is 0 Å². The van der Waals surface area contributed by atoms with Crippen molar-refractivity contribution in [2.75, 3.05) is 36.1 Å². The predicted octanol–water partition coefficient (Wildman–Crippen LogP) is 3.30. The fourth-order valence-corrected chi connectivity index (χ4v) is 3.54. The molecule has 0 aromatic heterocycles. The third-order valence-corrected chi connectivity index (χ3v) is 4.60. The first-order chi connectivity index (χ1) is 10.2. The Bertz CT molecular complexity index is 479. The molecule has 116 valence electrons. The van der Waals surface area contributed by atoms with Crippen molar-refractivity contribution in [1.29, 1.82) is 0 Å². The number of hydrogen-bond acceptors (Lipinski definition) is 5. The molecule has 0 saturated carbocycles. The molecule has 0 bridgehead atoms. The van der Waals surface area contributed by atoms with Gasteiger partial charge in [0.15, 0.2) is 0 Å². The zero-order chi connectivity index (χ0) is 15.1. The van der Waals surface area contributed by atoms with Gasteiger partial charge in [-0.25, -0.2) is 0 Å². The normalized spacial score (nSPS) is 13.9. The molecule has 0 aliphatic carbocycles. The van der Waals surface area contributed by atoms with E-state index in [-0.39, 0.29) is 5.97 Å². The van der Waals surface area contributed by atoms with Crippen LogP contribution in [0.5, 0.6) is 0 Å². The van der Waals surface area contributed by atoms with Gasteiger partial charge in [-0.15, -0.1) is 11.8 Å². The second kappa shape index (κ2) is 8.17. The number of benzene rings is 1. The Kier molecular flexibility index (Phi) is 6.23. The van der Waals surface area contributed by atoms with E-state index in [1.54, 1.807) is 0 Å². The molecule has 0 fully saturated rings. The predicted molar refractivity (Wildman–Crippen MR) is 88.9 cm³/mol. The molecule has 0 amide bonds. The van der Waals surface area contributed by atoms with Gasteiger partial charge in [0, 0.05) is 35.8 Å². The number of unbranched alkanes of at least 4 members (excludes halogenated alkanes) is 2. The smallest absolute Gasteiger partial charge is 0.305 e. The molecule has 4 nitrogen and oxygen atoms in total. The van der Waals surface area contributed by atoms with Crippen molar-refractivity contribution in [3.05, 3.63) is 18.2 Å². The number of nitrogens with zero attached hydrogens (tertiary/aromatic N) is 1. The summed E-state index contributed by atoms with van der Waals surface area (Å²) in [5, 5.41) is 0. The van der Waals surface area contributed by atoms with Crippen LogP contribution in [0.15, 0.2) is 23.1 Å². The first-order valence-electron chi connectivity index (χ1n) is 7.63. The molecular weight excluding hydrogens is 284 g/mol. The molecule has 2 N–H and O–H groups in total. The molecule has 0 saturated heterocycles. The second-order valence-corrected chi connectivity index (χ2v) is 6.32. The lowest BCUT2D eigenvalue weighted by Crippen LogP contribution is -2.30. The highest BCUT2D eigenvalue weighted by atomic mass is 32.2. The van der Waals surface area contributed by atoms with Gasteiger partial charge in [0.1, 0.15) is 0 Å². The number of fused-ring (bicyclic) bond motifs is 1. The van der Waals surface area contributed by atoms with E-state index in [9.17, 15) is 4.79 Å². The Morgan fingerprint density at radius 2 is 2.24 bits per heavy atom. The van der Waals surface area contributed by atoms with Gasteiger partial charge in [-0.3, -0.25) is 4.79 Å². The number of rotatable bonds is 7. The van der Waals surface area contributed by atoms with Crippen molar-refractivity contribution < 1.29 is 9.53 Å².